The number of hydrazone groups is 1. The zero-order valence-corrected chi connectivity index (χ0v) is 15.6. The molecule has 2 aromatic carbocycles. The zero-order chi connectivity index (χ0) is 20.3. The molecule has 1 aliphatic heterocycles. The lowest BCUT2D eigenvalue weighted by molar-refractivity contribution is -0.384. The van der Waals surface area contributed by atoms with Gasteiger partial charge in [-0.2, -0.15) is 10.1 Å². The van der Waals surface area contributed by atoms with Crippen LogP contribution in [0.5, 0.6) is 0 Å². The maximum Gasteiger partial charge on any atom is 0.338 e. The van der Waals surface area contributed by atoms with Crippen molar-refractivity contribution in [2.75, 3.05) is 11.6 Å². The van der Waals surface area contributed by atoms with E-state index < -0.39 is 16.1 Å². The molecule has 0 aromatic heterocycles. The third kappa shape index (κ3) is 3.96. The summed E-state index contributed by atoms with van der Waals surface area (Å²) in [5.41, 5.74) is 6.72. The number of rotatable bonds is 6. The van der Waals surface area contributed by atoms with Gasteiger partial charge in [-0.25, -0.2) is 4.79 Å². The summed E-state index contributed by atoms with van der Waals surface area (Å²) in [4.78, 5) is 35.3. The number of amides is 1. The molecule has 0 aliphatic carbocycles. The Balaban J connectivity index is 1.73. The van der Waals surface area contributed by atoms with E-state index in [1.807, 2.05) is 0 Å². The summed E-state index contributed by atoms with van der Waals surface area (Å²) >= 11 is 1.16. The number of amidine groups is 1. The number of carbonyl (C=O) groups excluding carboxylic acids is 2. The molecule has 9 nitrogen and oxygen atoms in total. The number of nitro benzene ring substituents is 1. The summed E-state index contributed by atoms with van der Waals surface area (Å²) in [5.74, 6) is -0.663. The average Bonchev–Trinajstić information content (AvgIpc) is 2.97. The van der Waals surface area contributed by atoms with Gasteiger partial charge >= 0.3 is 5.97 Å². The van der Waals surface area contributed by atoms with E-state index in [0.717, 1.165) is 11.8 Å². The van der Waals surface area contributed by atoms with Gasteiger partial charge < -0.3 is 10.5 Å². The quantitative estimate of drug-likeness (QED) is 0.448. The number of ether oxygens (including phenoxy) is 1. The highest BCUT2D eigenvalue weighted by Gasteiger charge is 2.36. The predicted molar refractivity (Wildman–Crippen MR) is 104 cm³/mol. The van der Waals surface area contributed by atoms with Crippen molar-refractivity contribution in [1.29, 1.82) is 0 Å². The third-order valence-electron chi connectivity index (χ3n) is 3.84. The highest BCUT2D eigenvalue weighted by Crippen LogP contribution is 2.31. The molecule has 1 heterocycles. The fourth-order valence-electron chi connectivity index (χ4n) is 2.49. The number of hydrogen-bond acceptors (Lipinski definition) is 8. The Morgan fingerprint density at radius 3 is 2.46 bits per heavy atom. The molecule has 1 atom stereocenters. The number of non-ortho nitro benzene ring substituents is 1. The van der Waals surface area contributed by atoms with Gasteiger partial charge in [0, 0.05) is 17.0 Å². The summed E-state index contributed by atoms with van der Waals surface area (Å²) < 4.78 is 4.93. The molecule has 1 unspecified atom stereocenters. The number of hydrogen-bond donors (Lipinski definition) is 1. The van der Waals surface area contributed by atoms with E-state index >= 15 is 0 Å². The van der Waals surface area contributed by atoms with Crippen LogP contribution in [0, 0.1) is 10.1 Å². The topological polar surface area (TPSA) is 128 Å². The first-order valence-corrected chi connectivity index (χ1v) is 9.15. The van der Waals surface area contributed by atoms with Crippen LogP contribution in [-0.4, -0.2) is 34.5 Å². The van der Waals surface area contributed by atoms with Gasteiger partial charge in [0.25, 0.3) is 11.6 Å². The third-order valence-corrected chi connectivity index (χ3v) is 5.06. The maximum absolute atomic E-state index is 12.7. The van der Waals surface area contributed by atoms with E-state index in [-0.39, 0.29) is 24.0 Å². The van der Waals surface area contributed by atoms with Crippen LogP contribution in [0.25, 0.3) is 0 Å². The highest BCUT2D eigenvalue weighted by atomic mass is 32.2. The van der Waals surface area contributed by atoms with Crippen molar-refractivity contribution in [3.8, 4) is 0 Å². The molecule has 144 valence electrons. The molecular formula is C18H16N4O5S. The van der Waals surface area contributed by atoms with Crippen molar-refractivity contribution < 1.29 is 19.2 Å². The summed E-state index contributed by atoms with van der Waals surface area (Å²) in [5, 5.41) is 15.3. The molecule has 0 saturated heterocycles. The number of benzene rings is 2. The highest BCUT2D eigenvalue weighted by molar-refractivity contribution is 8.01. The van der Waals surface area contributed by atoms with Crippen molar-refractivity contribution in [1.82, 2.24) is 0 Å². The van der Waals surface area contributed by atoms with Crippen LogP contribution in [0.2, 0.25) is 0 Å². The van der Waals surface area contributed by atoms with E-state index in [0.29, 0.717) is 16.1 Å². The zero-order valence-electron chi connectivity index (χ0n) is 14.8. The first-order chi connectivity index (χ1) is 13.4. The maximum atomic E-state index is 12.7. The van der Waals surface area contributed by atoms with Crippen molar-refractivity contribution in [3.63, 3.8) is 0 Å². The van der Waals surface area contributed by atoms with Crippen LogP contribution < -0.4 is 10.7 Å². The molecule has 0 fully saturated rings. The second-order valence-electron chi connectivity index (χ2n) is 5.69. The standard InChI is InChI=1S/C18H16N4O5S/c1-2-27-18(24)11-3-5-12(6-4-11)21-17(23)15(16(19)20-21)28-14-9-7-13(8-10-14)22(25)26/h3-10,15H,2H2,1H3,(H2,19,20). The minimum atomic E-state index is -0.744. The molecular weight excluding hydrogens is 384 g/mol. The van der Waals surface area contributed by atoms with Gasteiger partial charge in [0.15, 0.2) is 0 Å². The summed E-state index contributed by atoms with van der Waals surface area (Å²) in [6, 6.07) is 12.1. The van der Waals surface area contributed by atoms with E-state index in [4.69, 9.17) is 10.5 Å². The second-order valence-corrected chi connectivity index (χ2v) is 6.87. The SMILES string of the molecule is CCOC(=O)c1ccc(N2N=C(N)C(Sc3ccc([N+](=O)[O-])cc3)C2=O)cc1. The lowest BCUT2D eigenvalue weighted by atomic mass is 10.2. The fraction of sp³-hybridized carbons (Fsp3) is 0.167. The minimum Gasteiger partial charge on any atom is -0.462 e. The molecule has 1 aliphatic rings. The molecule has 0 saturated carbocycles. The Morgan fingerprint density at radius 1 is 1.25 bits per heavy atom. The predicted octanol–water partition coefficient (Wildman–Crippen LogP) is 2.55. The first kappa shape index (κ1) is 19.4. The Labute approximate surface area is 164 Å². The second kappa shape index (κ2) is 8.09. The van der Waals surface area contributed by atoms with Gasteiger partial charge in [-0.15, -0.1) is 11.8 Å². The smallest absolute Gasteiger partial charge is 0.338 e. The van der Waals surface area contributed by atoms with Gasteiger partial charge in [0.2, 0.25) is 0 Å². The van der Waals surface area contributed by atoms with Crippen molar-refractivity contribution >= 4 is 40.8 Å². The van der Waals surface area contributed by atoms with E-state index in [2.05, 4.69) is 5.10 Å². The molecule has 3 rings (SSSR count). The van der Waals surface area contributed by atoms with Crippen LogP contribution >= 0.6 is 11.8 Å². The van der Waals surface area contributed by atoms with Gasteiger partial charge in [-0.3, -0.25) is 14.9 Å². The molecule has 10 heteroatoms. The number of thioether (sulfide) groups is 1. The monoisotopic (exact) mass is 400 g/mol. The molecule has 0 radical (unpaired) electrons. The Bertz CT molecular complexity index is 943. The van der Waals surface area contributed by atoms with Crippen molar-refractivity contribution in [2.24, 2.45) is 10.8 Å². The Hall–Kier alpha value is -3.40. The number of nitro groups is 1. The molecule has 0 spiro atoms. The lowest BCUT2D eigenvalue weighted by Crippen LogP contribution is -2.32. The van der Waals surface area contributed by atoms with Gasteiger partial charge in [0.05, 0.1) is 22.8 Å². The molecule has 2 N–H and O–H groups in total. The number of nitrogens with two attached hydrogens (primary N) is 1. The minimum absolute atomic E-state index is 0.0351. The molecule has 0 bridgehead atoms. The number of anilines is 1. The Morgan fingerprint density at radius 2 is 1.89 bits per heavy atom. The molecule has 28 heavy (non-hydrogen) atoms. The van der Waals surface area contributed by atoms with Crippen molar-refractivity contribution in [3.05, 3.63) is 64.2 Å². The number of nitrogens with zero attached hydrogens (tertiary/aromatic N) is 3. The summed E-state index contributed by atoms with van der Waals surface area (Å²) in [6.07, 6.45) is 0. The molecule has 2 aromatic rings. The van der Waals surface area contributed by atoms with E-state index in [9.17, 15) is 19.7 Å². The van der Waals surface area contributed by atoms with Crippen molar-refractivity contribution in [2.45, 2.75) is 17.1 Å². The number of esters is 1. The van der Waals surface area contributed by atoms with Gasteiger partial charge in [-0.05, 0) is 43.3 Å². The van der Waals surface area contributed by atoms with Crippen LogP contribution in [-0.2, 0) is 9.53 Å². The van der Waals surface area contributed by atoms with Crippen LogP contribution in [0.15, 0.2) is 58.5 Å². The average molecular weight is 400 g/mol. The first-order valence-electron chi connectivity index (χ1n) is 8.27. The normalized spacial score (nSPS) is 16.0. The Kier molecular flexibility index (Phi) is 5.59. The summed E-state index contributed by atoms with van der Waals surface area (Å²) in [6.45, 7) is 1.99. The van der Waals surface area contributed by atoms with Crippen LogP contribution in [0.1, 0.15) is 17.3 Å². The largest absolute Gasteiger partial charge is 0.462 e. The lowest BCUT2D eigenvalue weighted by Gasteiger charge is -2.14. The van der Waals surface area contributed by atoms with E-state index in [1.54, 1.807) is 43.3 Å². The number of carbonyl (C=O) groups is 2. The van der Waals surface area contributed by atoms with Crippen LogP contribution in [0.3, 0.4) is 0 Å². The van der Waals surface area contributed by atoms with Crippen LogP contribution in [0.4, 0.5) is 11.4 Å². The van der Waals surface area contributed by atoms with Gasteiger partial charge in [-0.1, -0.05) is 0 Å². The molecule has 1 amide bonds. The summed E-state index contributed by atoms with van der Waals surface area (Å²) in [7, 11) is 0. The fourth-order valence-corrected chi connectivity index (χ4v) is 3.42. The van der Waals surface area contributed by atoms with Gasteiger partial charge in [0.1, 0.15) is 11.1 Å². The van der Waals surface area contributed by atoms with E-state index in [1.165, 1.54) is 17.1 Å².